The van der Waals surface area contributed by atoms with E-state index in [0.717, 1.165) is 10.8 Å². The smallest absolute Gasteiger partial charge is 0.178 e. The maximum atomic E-state index is 10.3. The average Bonchev–Trinajstić information content (AvgIpc) is 3.06. The van der Waals surface area contributed by atoms with Gasteiger partial charge in [-0.2, -0.15) is 0 Å². The molecule has 0 unspecified atom stereocenters. The summed E-state index contributed by atoms with van der Waals surface area (Å²) in [7, 11) is 0. The lowest BCUT2D eigenvalue weighted by molar-refractivity contribution is 0.137. The SMILES string of the molecule is [N-]=[N+]=N[C@@H](c1ccc2ccccc2c1)[C@@H](O)c1nnn[nH]1. The van der Waals surface area contributed by atoms with Crippen LogP contribution in [0.1, 0.15) is 23.5 Å². The van der Waals surface area contributed by atoms with Gasteiger partial charge in [-0.05, 0) is 32.3 Å². The molecule has 21 heavy (non-hydrogen) atoms. The first-order valence-electron chi connectivity index (χ1n) is 6.24. The van der Waals surface area contributed by atoms with Crippen LogP contribution in [0, 0.1) is 0 Å². The minimum absolute atomic E-state index is 0.153. The van der Waals surface area contributed by atoms with Crippen LogP contribution < -0.4 is 0 Å². The van der Waals surface area contributed by atoms with Crippen molar-refractivity contribution in [2.45, 2.75) is 12.1 Å². The van der Waals surface area contributed by atoms with Gasteiger partial charge in [0.15, 0.2) is 5.82 Å². The Morgan fingerprint density at radius 1 is 1.19 bits per heavy atom. The van der Waals surface area contributed by atoms with E-state index >= 15 is 0 Å². The van der Waals surface area contributed by atoms with Crippen LogP contribution in [0.5, 0.6) is 0 Å². The van der Waals surface area contributed by atoms with E-state index in [0.29, 0.717) is 5.56 Å². The van der Waals surface area contributed by atoms with Crippen LogP contribution in [0.2, 0.25) is 0 Å². The zero-order valence-corrected chi connectivity index (χ0v) is 10.8. The first kappa shape index (κ1) is 13.0. The number of fused-ring (bicyclic) bond motifs is 1. The summed E-state index contributed by atoms with van der Waals surface area (Å²) in [6.45, 7) is 0. The highest BCUT2D eigenvalue weighted by molar-refractivity contribution is 5.83. The predicted octanol–water partition coefficient (Wildman–Crippen LogP) is 2.44. The molecule has 0 saturated carbocycles. The van der Waals surface area contributed by atoms with Gasteiger partial charge in [0.2, 0.25) is 0 Å². The van der Waals surface area contributed by atoms with Crippen LogP contribution in [0.4, 0.5) is 0 Å². The topological polar surface area (TPSA) is 123 Å². The molecule has 0 spiro atoms. The maximum absolute atomic E-state index is 10.3. The lowest BCUT2D eigenvalue weighted by Crippen LogP contribution is -2.10. The number of azide groups is 1. The van der Waals surface area contributed by atoms with Gasteiger partial charge in [0.1, 0.15) is 6.10 Å². The molecule has 2 atom stereocenters. The van der Waals surface area contributed by atoms with E-state index in [2.05, 4.69) is 30.7 Å². The molecular weight excluding hydrogens is 270 g/mol. The van der Waals surface area contributed by atoms with Crippen LogP contribution in [-0.2, 0) is 0 Å². The Labute approximate surface area is 119 Å². The number of benzene rings is 2. The Bertz CT molecular complexity index is 795. The van der Waals surface area contributed by atoms with Gasteiger partial charge in [-0.15, -0.1) is 5.10 Å². The zero-order valence-electron chi connectivity index (χ0n) is 10.8. The highest BCUT2D eigenvalue weighted by atomic mass is 16.3. The number of H-pyrrole nitrogens is 1. The first-order valence-corrected chi connectivity index (χ1v) is 6.24. The van der Waals surface area contributed by atoms with Gasteiger partial charge in [-0.3, -0.25) is 0 Å². The second-order valence-electron chi connectivity index (χ2n) is 4.49. The van der Waals surface area contributed by atoms with Gasteiger partial charge in [-0.25, -0.2) is 5.10 Å². The van der Waals surface area contributed by atoms with Crippen molar-refractivity contribution in [3.8, 4) is 0 Å². The fourth-order valence-corrected chi connectivity index (χ4v) is 2.20. The number of rotatable bonds is 4. The van der Waals surface area contributed by atoms with Crippen LogP contribution in [0.15, 0.2) is 47.6 Å². The van der Waals surface area contributed by atoms with E-state index in [9.17, 15) is 5.11 Å². The molecule has 1 heterocycles. The summed E-state index contributed by atoms with van der Waals surface area (Å²) in [6.07, 6.45) is -1.14. The van der Waals surface area contributed by atoms with Gasteiger partial charge in [0.05, 0.1) is 6.04 Å². The third-order valence-electron chi connectivity index (χ3n) is 3.23. The number of tetrazole rings is 1. The molecule has 2 N–H and O–H groups in total. The molecule has 0 fully saturated rings. The second kappa shape index (κ2) is 5.58. The molecule has 104 valence electrons. The fourth-order valence-electron chi connectivity index (χ4n) is 2.20. The third-order valence-corrected chi connectivity index (χ3v) is 3.23. The van der Waals surface area contributed by atoms with E-state index < -0.39 is 12.1 Å². The van der Waals surface area contributed by atoms with Crippen LogP contribution in [-0.4, -0.2) is 25.7 Å². The molecule has 0 aliphatic heterocycles. The molecule has 1 aromatic heterocycles. The van der Waals surface area contributed by atoms with E-state index in [4.69, 9.17) is 5.53 Å². The average molecular weight is 281 g/mol. The number of hydrogen-bond acceptors (Lipinski definition) is 5. The van der Waals surface area contributed by atoms with Gasteiger partial charge < -0.3 is 5.11 Å². The van der Waals surface area contributed by atoms with Crippen LogP contribution in [0.3, 0.4) is 0 Å². The number of nitrogens with zero attached hydrogens (tertiary/aromatic N) is 6. The van der Waals surface area contributed by atoms with Crippen molar-refractivity contribution in [3.63, 3.8) is 0 Å². The molecule has 2 aromatic carbocycles. The van der Waals surface area contributed by atoms with E-state index in [1.54, 1.807) is 0 Å². The lowest BCUT2D eigenvalue weighted by Gasteiger charge is -2.16. The molecule has 0 aliphatic rings. The highest BCUT2D eigenvalue weighted by Crippen LogP contribution is 2.32. The predicted molar refractivity (Wildman–Crippen MR) is 75.0 cm³/mol. The van der Waals surface area contributed by atoms with Crippen molar-refractivity contribution >= 4 is 10.8 Å². The minimum Gasteiger partial charge on any atom is -0.384 e. The Hall–Kier alpha value is -2.96. The van der Waals surface area contributed by atoms with Gasteiger partial charge in [0, 0.05) is 4.91 Å². The fraction of sp³-hybridized carbons (Fsp3) is 0.154. The summed E-state index contributed by atoms with van der Waals surface area (Å²) in [5.41, 5.74) is 9.43. The summed E-state index contributed by atoms with van der Waals surface area (Å²) < 4.78 is 0. The van der Waals surface area contributed by atoms with Crippen LogP contribution >= 0.6 is 0 Å². The molecule has 8 nitrogen and oxygen atoms in total. The van der Waals surface area contributed by atoms with Crippen molar-refractivity contribution in [3.05, 3.63) is 64.3 Å². The Kier molecular flexibility index (Phi) is 3.46. The maximum Gasteiger partial charge on any atom is 0.178 e. The van der Waals surface area contributed by atoms with Gasteiger partial charge >= 0.3 is 0 Å². The normalized spacial score (nSPS) is 13.6. The monoisotopic (exact) mass is 281 g/mol. The molecule has 3 rings (SSSR count). The zero-order chi connectivity index (χ0) is 14.7. The lowest BCUT2D eigenvalue weighted by atomic mass is 9.98. The highest BCUT2D eigenvalue weighted by Gasteiger charge is 2.24. The first-order chi connectivity index (χ1) is 10.3. The van der Waals surface area contributed by atoms with Crippen molar-refractivity contribution in [2.75, 3.05) is 0 Å². The molecule has 0 bridgehead atoms. The number of aliphatic hydroxyl groups excluding tert-OH is 1. The Morgan fingerprint density at radius 2 is 2.00 bits per heavy atom. The van der Waals surface area contributed by atoms with Gasteiger partial charge in [0.25, 0.3) is 0 Å². The second-order valence-corrected chi connectivity index (χ2v) is 4.49. The number of nitrogens with one attached hydrogen (secondary N) is 1. The summed E-state index contributed by atoms with van der Waals surface area (Å²) in [6, 6.07) is 12.6. The van der Waals surface area contributed by atoms with Crippen molar-refractivity contribution in [1.29, 1.82) is 0 Å². The summed E-state index contributed by atoms with van der Waals surface area (Å²) >= 11 is 0. The molecular formula is C13H11N7O. The Morgan fingerprint density at radius 3 is 2.71 bits per heavy atom. The summed E-state index contributed by atoms with van der Waals surface area (Å²) in [5.74, 6) is 0.153. The standard InChI is InChI=1S/C13H11N7O/c14-18-15-11(12(21)13-16-19-20-17-13)10-6-5-8-3-1-2-4-9(8)7-10/h1-7,11-12,21H,(H,16,17,19,20)/t11-,12+/m0/s1. The van der Waals surface area contributed by atoms with Crippen molar-refractivity contribution in [1.82, 2.24) is 20.6 Å². The summed E-state index contributed by atoms with van der Waals surface area (Å²) in [5, 5.41) is 29.0. The van der Waals surface area contributed by atoms with Crippen LogP contribution in [0.25, 0.3) is 21.2 Å². The quantitative estimate of drug-likeness (QED) is 0.433. The van der Waals surface area contributed by atoms with E-state index in [1.807, 2.05) is 42.5 Å². The third kappa shape index (κ3) is 2.53. The molecule has 3 aromatic rings. The van der Waals surface area contributed by atoms with Crippen molar-refractivity contribution < 1.29 is 5.11 Å². The molecule has 0 saturated heterocycles. The van der Waals surface area contributed by atoms with Gasteiger partial charge in [-0.1, -0.05) is 47.6 Å². The summed E-state index contributed by atoms with van der Waals surface area (Å²) in [4.78, 5) is 2.81. The molecule has 8 heteroatoms. The number of hydrogen-bond donors (Lipinski definition) is 2. The largest absolute Gasteiger partial charge is 0.384 e. The number of aromatic nitrogens is 4. The number of aliphatic hydroxyl groups is 1. The molecule has 0 amide bonds. The molecule has 0 aliphatic carbocycles. The van der Waals surface area contributed by atoms with E-state index in [-0.39, 0.29) is 5.82 Å². The number of aromatic amines is 1. The van der Waals surface area contributed by atoms with Crippen molar-refractivity contribution in [2.24, 2.45) is 5.11 Å². The molecule has 0 radical (unpaired) electrons. The Balaban J connectivity index is 2.04. The minimum atomic E-state index is -1.14. The van der Waals surface area contributed by atoms with E-state index in [1.165, 1.54) is 0 Å².